The van der Waals surface area contributed by atoms with Crippen molar-refractivity contribution < 1.29 is 0 Å². The maximum Gasteiger partial charge on any atom is 0.152 e. The number of aromatic nitrogens is 2. The summed E-state index contributed by atoms with van der Waals surface area (Å²) >= 11 is 0. The van der Waals surface area contributed by atoms with Crippen molar-refractivity contribution in [2.75, 3.05) is 24.5 Å². The molecule has 0 bridgehead atoms. The van der Waals surface area contributed by atoms with E-state index in [9.17, 15) is 0 Å². The first-order chi connectivity index (χ1) is 14.7. The molecule has 4 rings (SSSR count). The van der Waals surface area contributed by atoms with Gasteiger partial charge in [-0.2, -0.15) is 0 Å². The van der Waals surface area contributed by atoms with E-state index < -0.39 is 5.54 Å². The summed E-state index contributed by atoms with van der Waals surface area (Å²) in [6.07, 6.45) is 15.7. The Balaban J connectivity index is 1.64. The number of aryl methyl sites for hydroxylation is 1. The first-order valence-corrected chi connectivity index (χ1v) is 12.8. The summed E-state index contributed by atoms with van der Waals surface area (Å²) in [5.74, 6) is 2.88. The van der Waals surface area contributed by atoms with Gasteiger partial charge in [0.2, 0.25) is 0 Å². The predicted octanol–water partition coefficient (Wildman–Crippen LogP) is 4.47. The average Bonchev–Trinajstić information content (AvgIpc) is 2.98. The summed E-state index contributed by atoms with van der Waals surface area (Å²) in [5, 5.41) is 3.84. The fourth-order valence-electron chi connectivity index (χ4n) is 5.80. The van der Waals surface area contributed by atoms with Crippen molar-refractivity contribution in [2.24, 2.45) is 11.7 Å². The number of anilines is 1. The second-order valence-corrected chi connectivity index (χ2v) is 9.98. The number of nitrogens with two attached hydrogens (primary N) is 1. The van der Waals surface area contributed by atoms with Gasteiger partial charge in [0.15, 0.2) is 5.82 Å². The molecule has 0 amide bonds. The molecule has 2 unspecified atom stereocenters. The van der Waals surface area contributed by atoms with Gasteiger partial charge in [0.25, 0.3) is 0 Å². The lowest BCUT2D eigenvalue weighted by Crippen LogP contribution is -2.53. The molecule has 3 aliphatic rings. The normalized spacial score (nSPS) is 27.3. The number of hydrogen-bond acceptors (Lipinski definition) is 5. The predicted molar refractivity (Wildman–Crippen MR) is 125 cm³/mol. The summed E-state index contributed by atoms with van der Waals surface area (Å²) in [6, 6.07) is 0.289. The Kier molecular flexibility index (Phi) is 7.30. The van der Waals surface area contributed by atoms with E-state index in [0.717, 1.165) is 63.5 Å². The summed E-state index contributed by atoms with van der Waals surface area (Å²) in [4.78, 5) is 13.0. The van der Waals surface area contributed by atoms with Crippen molar-refractivity contribution in [3.05, 3.63) is 17.1 Å². The zero-order valence-corrected chi connectivity index (χ0v) is 19.4. The quantitative estimate of drug-likeness (QED) is 0.690. The van der Waals surface area contributed by atoms with Gasteiger partial charge in [-0.1, -0.05) is 39.5 Å². The number of fused-ring (bicyclic) bond motifs is 1. The molecule has 2 aliphatic carbocycles. The van der Waals surface area contributed by atoms with Gasteiger partial charge in [-0.25, -0.2) is 9.97 Å². The molecule has 3 N–H and O–H groups in total. The largest absolute Gasteiger partial charge is 0.356 e. The maximum atomic E-state index is 7.15. The van der Waals surface area contributed by atoms with Crippen molar-refractivity contribution in [1.29, 1.82) is 0 Å². The molecule has 0 aromatic carbocycles. The van der Waals surface area contributed by atoms with Crippen molar-refractivity contribution in [3.63, 3.8) is 0 Å². The fourth-order valence-corrected chi connectivity index (χ4v) is 5.80. The van der Waals surface area contributed by atoms with E-state index in [1.165, 1.54) is 68.4 Å². The molecule has 2 atom stereocenters. The molecule has 168 valence electrons. The lowest BCUT2D eigenvalue weighted by atomic mass is 9.90. The van der Waals surface area contributed by atoms with Crippen molar-refractivity contribution in [2.45, 2.75) is 109 Å². The van der Waals surface area contributed by atoms with Crippen LogP contribution in [0.2, 0.25) is 0 Å². The molecule has 30 heavy (non-hydrogen) atoms. The first kappa shape index (κ1) is 22.0. The lowest BCUT2D eigenvalue weighted by molar-refractivity contribution is 0.302. The van der Waals surface area contributed by atoms with Gasteiger partial charge in [-0.15, -0.1) is 0 Å². The molecule has 1 aliphatic heterocycles. The SMILES string of the molecule is CCC(CC)CNC1CCCC1(N)c1nc2c(c(N3CCCCCC3)n1)CCCC2. The molecular weight excluding hydrogens is 370 g/mol. The van der Waals surface area contributed by atoms with Crippen LogP contribution < -0.4 is 16.0 Å². The zero-order chi connectivity index (χ0) is 21.0. The van der Waals surface area contributed by atoms with Crippen LogP contribution in [0, 0.1) is 5.92 Å². The van der Waals surface area contributed by atoms with Crippen LogP contribution in [0.3, 0.4) is 0 Å². The smallest absolute Gasteiger partial charge is 0.152 e. The molecule has 2 heterocycles. The molecule has 0 radical (unpaired) electrons. The fraction of sp³-hybridized carbons (Fsp3) is 0.840. The Labute approximate surface area is 183 Å². The van der Waals surface area contributed by atoms with Crippen LogP contribution in [0.1, 0.15) is 102 Å². The van der Waals surface area contributed by atoms with Crippen LogP contribution in [-0.4, -0.2) is 35.6 Å². The zero-order valence-electron chi connectivity index (χ0n) is 19.4. The maximum absolute atomic E-state index is 7.15. The monoisotopic (exact) mass is 413 g/mol. The minimum Gasteiger partial charge on any atom is -0.356 e. The topological polar surface area (TPSA) is 67.1 Å². The van der Waals surface area contributed by atoms with E-state index in [2.05, 4.69) is 24.1 Å². The van der Waals surface area contributed by atoms with Gasteiger partial charge < -0.3 is 16.0 Å². The number of nitrogens with zero attached hydrogens (tertiary/aromatic N) is 3. The molecule has 0 spiro atoms. The highest BCUT2D eigenvalue weighted by Gasteiger charge is 2.44. The van der Waals surface area contributed by atoms with E-state index >= 15 is 0 Å². The Morgan fingerprint density at radius 3 is 2.47 bits per heavy atom. The summed E-state index contributed by atoms with van der Waals surface area (Å²) < 4.78 is 0. The van der Waals surface area contributed by atoms with Crippen molar-refractivity contribution in [1.82, 2.24) is 15.3 Å². The highest BCUT2D eigenvalue weighted by atomic mass is 15.2. The number of rotatable bonds is 7. The third-order valence-electron chi connectivity index (χ3n) is 8.00. The Bertz CT molecular complexity index is 693. The molecular formula is C25H43N5. The summed E-state index contributed by atoms with van der Waals surface area (Å²) in [6.45, 7) is 7.91. The molecule has 1 aromatic heterocycles. The number of hydrogen-bond donors (Lipinski definition) is 2. The van der Waals surface area contributed by atoms with Crippen molar-refractivity contribution in [3.8, 4) is 0 Å². The summed E-state index contributed by atoms with van der Waals surface area (Å²) in [5.41, 5.74) is 9.44. The standard InChI is InChI=1S/C25H43N5/c1-3-19(4-2)18-27-22-14-11-15-25(22,26)24-28-21-13-8-7-12-20(21)23(29-24)30-16-9-5-6-10-17-30/h19,22,27H,3-18,26H2,1-2H3. The lowest BCUT2D eigenvalue weighted by Gasteiger charge is -2.35. The van der Waals surface area contributed by atoms with Gasteiger partial charge >= 0.3 is 0 Å². The molecule has 1 aromatic rings. The van der Waals surface area contributed by atoms with E-state index in [0.29, 0.717) is 0 Å². The van der Waals surface area contributed by atoms with Crippen molar-refractivity contribution >= 4 is 5.82 Å². The minimum absolute atomic E-state index is 0.289. The van der Waals surface area contributed by atoms with Crippen LogP contribution in [0.4, 0.5) is 5.82 Å². The van der Waals surface area contributed by atoms with Gasteiger partial charge in [-0.3, -0.25) is 0 Å². The molecule has 2 fully saturated rings. The van der Waals surface area contributed by atoms with E-state index in [1.54, 1.807) is 0 Å². The summed E-state index contributed by atoms with van der Waals surface area (Å²) in [7, 11) is 0. The van der Waals surface area contributed by atoms with Crippen LogP contribution in [0.15, 0.2) is 0 Å². The second kappa shape index (κ2) is 9.95. The van der Waals surface area contributed by atoms with E-state index in [4.69, 9.17) is 15.7 Å². The Morgan fingerprint density at radius 2 is 1.73 bits per heavy atom. The van der Waals surface area contributed by atoms with Crippen LogP contribution in [0.25, 0.3) is 0 Å². The van der Waals surface area contributed by atoms with Crippen LogP contribution in [0.5, 0.6) is 0 Å². The molecule has 5 nitrogen and oxygen atoms in total. The average molecular weight is 414 g/mol. The van der Waals surface area contributed by atoms with Crippen LogP contribution >= 0.6 is 0 Å². The number of nitrogens with one attached hydrogen (secondary N) is 1. The minimum atomic E-state index is -0.431. The Hall–Kier alpha value is -1.20. The first-order valence-electron chi connectivity index (χ1n) is 12.8. The van der Waals surface area contributed by atoms with Gasteiger partial charge in [0, 0.05) is 30.4 Å². The third-order valence-corrected chi connectivity index (χ3v) is 8.00. The van der Waals surface area contributed by atoms with Crippen LogP contribution in [-0.2, 0) is 18.4 Å². The second-order valence-electron chi connectivity index (χ2n) is 9.98. The van der Waals surface area contributed by atoms with Gasteiger partial charge in [0.1, 0.15) is 5.82 Å². The van der Waals surface area contributed by atoms with E-state index in [-0.39, 0.29) is 6.04 Å². The highest BCUT2D eigenvalue weighted by molar-refractivity contribution is 5.51. The van der Waals surface area contributed by atoms with Gasteiger partial charge in [0.05, 0.1) is 5.54 Å². The molecule has 1 saturated carbocycles. The Morgan fingerprint density at radius 1 is 1.00 bits per heavy atom. The molecule has 5 heteroatoms. The van der Waals surface area contributed by atoms with E-state index in [1.807, 2.05) is 0 Å². The third kappa shape index (κ3) is 4.52. The highest BCUT2D eigenvalue weighted by Crippen LogP contribution is 2.38. The molecule has 1 saturated heterocycles. The van der Waals surface area contributed by atoms with Gasteiger partial charge in [-0.05, 0) is 70.3 Å².